The molecule has 7 heteroatoms. The maximum absolute atomic E-state index is 12.6. The molecule has 4 amide bonds. The lowest BCUT2D eigenvalue weighted by molar-refractivity contribution is -0.140. The Kier molecular flexibility index (Phi) is 4.11. The van der Waals surface area contributed by atoms with Gasteiger partial charge in [0.05, 0.1) is 11.8 Å². The molecule has 0 radical (unpaired) electrons. The monoisotopic (exact) mass is 403 g/mol. The number of halogens is 1. The summed E-state index contributed by atoms with van der Waals surface area (Å²) in [6, 6.07) is 6.70. The first-order valence-corrected chi connectivity index (χ1v) is 9.18. The maximum Gasteiger partial charge on any atom is 0.320 e. The van der Waals surface area contributed by atoms with Crippen molar-refractivity contribution in [1.29, 1.82) is 0 Å². The van der Waals surface area contributed by atoms with Crippen molar-refractivity contribution >= 4 is 39.5 Å². The number of nitrogens with one attached hydrogen (secondary N) is 2. The molecule has 2 fully saturated rings. The Labute approximate surface area is 153 Å². The van der Waals surface area contributed by atoms with Crippen LogP contribution in [0.2, 0.25) is 0 Å². The molecule has 0 unspecified atom stereocenters. The zero-order valence-corrected chi connectivity index (χ0v) is 15.0. The van der Waals surface area contributed by atoms with Gasteiger partial charge in [0.2, 0.25) is 11.8 Å². The maximum atomic E-state index is 12.6. The summed E-state index contributed by atoms with van der Waals surface area (Å²) in [5.41, 5.74) is 0.635. The molecule has 1 heterocycles. The van der Waals surface area contributed by atoms with Crippen LogP contribution in [0.25, 0.3) is 0 Å². The van der Waals surface area contributed by atoms with E-state index in [9.17, 15) is 14.4 Å². The van der Waals surface area contributed by atoms with Gasteiger partial charge in [-0.15, -0.1) is 0 Å². The minimum Gasteiger partial charge on any atom is -0.320 e. The van der Waals surface area contributed by atoms with Crippen LogP contribution < -0.4 is 10.6 Å². The summed E-state index contributed by atoms with van der Waals surface area (Å²) >= 11 is 3.33. The lowest BCUT2D eigenvalue weighted by Gasteiger charge is -2.38. The number of amides is 4. The zero-order chi connectivity index (χ0) is 17.6. The van der Waals surface area contributed by atoms with Crippen LogP contribution in [0.5, 0.6) is 0 Å². The zero-order valence-electron chi connectivity index (χ0n) is 13.4. The van der Waals surface area contributed by atoms with E-state index in [1.54, 1.807) is 12.1 Å². The Morgan fingerprint density at radius 2 is 1.60 bits per heavy atom. The van der Waals surface area contributed by atoms with E-state index in [2.05, 4.69) is 38.7 Å². The summed E-state index contributed by atoms with van der Waals surface area (Å²) < 4.78 is 0.914. The molecule has 0 spiro atoms. The van der Waals surface area contributed by atoms with Gasteiger partial charge in [-0.3, -0.25) is 14.5 Å². The van der Waals surface area contributed by atoms with Crippen LogP contribution in [0.1, 0.15) is 12.8 Å². The van der Waals surface area contributed by atoms with Gasteiger partial charge in [-0.25, -0.2) is 4.79 Å². The Hall–Kier alpha value is -2.15. The SMILES string of the molecule is O=C(NCN1C(=O)[C@@H]2[C@@H](C1=O)[C@H]1C=C[C@H]2CC1)Nc1ccc(Br)cc1. The molecule has 2 bridgehead atoms. The number of carbonyl (C=O) groups is 3. The van der Waals surface area contributed by atoms with E-state index in [1.165, 1.54) is 4.90 Å². The molecule has 4 aliphatic rings. The van der Waals surface area contributed by atoms with Crippen molar-refractivity contribution in [2.24, 2.45) is 23.7 Å². The van der Waals surface area contributed by atoms with Gasteiger partial charge in [-0.1, -0.05) is 28.1 Å². The number of allylic oxidation sites excluding steroid dienone is 2. The van der Waals surface area contributed by atoms with E-state index in [0.717, 1.165) is 17.3 Å². The number of rotatable bonds is 3. The highest BCUT2D eigenvalue weighted by Gasteiger charge is 2.56. The van der Waals surface area contributed by atoms with Crippen molar-refractivity contribution in [2.45, 2.75) is 12.8 Å². The number of carbonyl (C=O) groups excluding carboxylic acids is 3. The average molecular weight is 404 g/mol. The fraction of sp³-hybridized carbons (Fsp3) is 0.389. The van der Waals surface area contributed by atoms with Crippen molar-refractivity contribution in [3.63, 3.8) is 0 Å². The molecule has 1 saturated heterocycles. The summed E-state index contributed by atoms with van der Waals surface area (Å²) in [5.74, 6) is -0.475. The highest BCUT2D eigenvalue weighted by atomic mass is 79.9. The molecule has 1 aromatic rings. The molecule has 0 aromatic heterocycles. The van der Waals surface area contributed by atoms with Crippen molar-refractivity contribution in [2.75, 3.05) is 12.0 Å². The van der Waals surface area contributed by atoms with Gasteiger partial charge in [0.1, 0.15) is 6.67 Å². The fourth-order valence-electron chi connectivity index (χ4n) is 4.15. The van der Waals surface area contributed by atoms with Crippen LogP contribution in [-0.4, -0.2) is 29.4 Å². The molecule has 2 N–H and O–H groups in total. The molecule has 1 aliphatic heterocycles. The Balaban J connectivity index is 1.38. The number of anilines is 1. The van der Waals surface area contributed by atoms with Gasteiger partial charge in [-0.2, -0.15) is 0 Å². The van der Waals surface area contributed by atoms with Crippen molar-refractivity contribution < 1.29 is 14.4 Å². The highest BCUT2D eigenvalue weighted by Crippen LogP contribution is 2.49. The second-order valence-corrected chi connectivity index (χ2v) is 7.66. The number of urea groups is 1. The summed E-state index contributed by atoms with van der Waals surface area (Å²) in [4.78, 5) is 38.5. The molecule has 5 rings (SSSR count). The summed E-state index contributed by atoms with van der Waals surface area (Å²) in [5, 5.41) is 5.29. The van der Waals surface area contributed by atoms with E-state index in [0.29, 0.717) is 5.69 Å². The number of hydrogen-bond donors (Lipinski definition) is 2. The molecular formula is C18H18BrN3O3. The molecule has 130 valence electrons. The first-order chi connectivity index (χ1) is 12.0. The highest BCUT2D eigenvalue weighted by molar-refractivity contribution is 9.10. The first-order valence-electron chi connectivity index (χ1n) is 8.38. The third kappa shape index (κ3) is 2.86. The predicted octanol–water partition coefficient (Wildman–Crippen LogP) is 2.73. The summed E-state index contributed by atoms with van der Waals surface area (Å²) in [6.45, 7) is -0.0908. The number of benzene rings is 1. The van der Waals surface area contributed by atoms with Crippen LogP contribution in [-0.2, 0) is 9.59 Å². The normalized spacial score (nSPS) is 29.7. The molecule has 1 aromatic carbocycles. The number of likely N-dealkylation sites (tertiary alicyclic amines) is 1. The van der Waals surface area contributed by atoms with Gasteiger partial charge in [0, 0.05) is 10.2 Å². The molecule has 6 nitrogen and oxygen atoms in total. The van der Waals surface area contributed by atoms with Crippen LogP contribution in [0.15, 0.2) is 40.9 Å². The first kappa shape index (κ1) is 16.3. The van der Waals surface area contributed by atoms with Gasteiger partial charge >= 0.3 is 6.03 Å². The standard InChI is InChI=1S/C18H18BrN3O3/c19-12-5-7-13(8-6-12)21-18(25)20-9-22-16(23)14-10-1-2-11(4-3-10)15(14)17(22)24/h1-2,5-8,10-11,14-15H,3-4,9H2,(H2,20,21,25)/t10-,11-,14-,15-/m0/s1. The van der Waals surface area contributed by atoms with Crippen molar-refractivity contribution in [1.82, 2.24) is 10.2 Å². The largest absolute Gasteiger partial charge is 0.320 e. The molecule has 4 atom stereocenters. The van der Waals surface area contributed by atoms with E-state index in [-0.39, 0.29) is 42.2 Å². The van der Waals surface area contributed by atoms with Crippen LogP contribution >= 0.6 is 15.9 Å². The smallest absolute Gasteiger partial charge is 0.320 e. The van der Waals surface area contributed by atoms with Gasteiger partial charge in [-0.05, 0) is 48.9 Å². The second-order valence-electron chi connectivity index (χ2n) is 6.74. The van der Waals surface area contributed by atoms with Gasteiger partial charge in [0.25, 0.3) is 0 Å². The van der Waals surface area contributed by atoms with Crippen LogP contribution in [0, 0.1) is 23.7 Å². The third-order valence-corrected chi connectivity index (χ3v) is 5.88. The average Bonchev–Trinajstić information content (AvgIpc) is 2.89. The molecule has 3 aliphatic carbocycles. The molecule has 1 saturated carbocycles. The number of imide groups is 1. The Bertz CT molecular complexity index is 729. The van der Waals surface area contributed by atoms with Crippen molar-refractivity contribution in [3.05, 3.63) is 40.9 Å². The minimum atomic E-state index is -0.445. The quantitative estimate of drug-likeness (QED) is 0.601. The lowest BCUT2D eigenvalue weighted by atomic mass is 9.63. The second kappa shape index (κ2) is 6.29. The molecular weight excluding hydrogens is 386 g/mol. The summed E-state index contributed by atoms with van der Waals surface area (Å²) in [6.07, 6.45) is 6.09. The van der Waals surface area contributed by atoms with E-state index >= 15 is 0 Å². The van der Waals surface area contributed by atoms with Gasteiger partial charge < -0.3 is 10.6 Å². The molecule has 25 heavy (non-hydrogen) atoms. The number of hydrogen-bond acceptors (Lipinski definition) is 3. The number of nitrogens with zero attached hydrogens (tertiary/aromatic N) is 1. The van der Waals surface area contributed by atoms with E-state index < -0.39 is 6.03 Å². The minimum absolute atomic E-state index is 0.0908. The topological polar surface area (TPSA) is 78.5 Å². The van der Waals surface area contributed by atoms with E-state index in [4.69, 9.17) is 0 Å². The number of fused-ring (bicyclic) bond motifs is 1. The third-order valence-electron chi connectivity index (χ3n) is 5.35. The Morgan fingerprint density at radius 1 is 1.04 bits per heavy atom. The predicted molar refractivity (Wildman–Crippen MR) is 95.4 cm³/mol. The Morgan fingerprint density at radius 3 is 2.12 bits per heavy atom. The summed E-state index contributed by atoms with van der Waals surface area (Å²) in [7, 11) is 0. The lowest BCUT2D eigenvalue weighted by Crippen LogP contribution is -2.43. The van der Waals surface area contributed by atoms with Gasteiger partial charge in [0.15, 0.2) is 0 Å². The van der Waals surface area contributed by atoms with E-state index in [1.807, 2.05) is 12.1 Å². The van der Waals surface area contributed by atoms with Crippen molar-refractivity contribution in [3.8, 4) is 0 Å². The fourth-order valence-corrected chi connectivity index (χ4v) is 4.42. The van der Waals surface area contributed by atoms with Crippen LogP contribution in [0.3, 0.4) is 0 Å². The van der Waals surface area contributed by atoms with Crippen LogP contribution in [0.4, 0.5) is 10.5 Å².